The van der Waals surface area contributed by atoms with Crippen LogP contribution in [0.15, 0.2) is 0 Å². The Bertz CT molecular complexity index is 1450. The summed E-state index contributed by atoms with van der Waals surface area (Å²) in [6, 6.07) is 0. The first kappa shape index (κ1) is 44.7. The summed E-state index contributed by atoms with van der Waals surface area (Å²) in [5.41, 5.74) is -5.72. The largest absolute Gasteiger partial charge is 0.458 e. The predicted molar refractivity (Wildman–Crippen MR) is 205 cm³/mol. The van der Waals surface area contributed by atoms with Gasteiger partial charge in [-0.15, -0.1) is 20.5 Å². The van der Waals surface area contributed by atoms with Crippen molar-refractivity contribution in [2.24, 2.45) is 23.7 Å². The molecule has 318 valence electrons. The number of ether oxygens (including phenoxy) is 4. The number of nitrogens with zero attached hydrogens (tertiary/aromatic N) is 2. The molecule has 56 heavy (non-hydrogen) atoms. The standard InChI is InChI=1S/C42H70N4O10/c1-35(2)19-23(39(9,10)43-35)31(47)53-27-17-30(56-34(50)26-22-38(7,8)46(52)42(26,15)16)28(54-32(48)24-20-36(3,4)44-40(24,11)12)18-29(27)55-33(49)25-21-37(5,6)45(51)41(25,13)14/h23-30,43-44H,17-22H2,1-16H3. The summed E-state index contributed by atoms with van der Waals surface area (Å²) in [5, 5.41) is 35.5. The van der Waals surface area contributed by atoms with E-state index in [4.69, 9.17) is 18.9 Å². The summed E-state index contributed by atoms with van der Waals surface area (Å²) in [7, 11) is 0. The lowest BCUT2D eigenvalue weighted by molar-refractivity contribution is -0.250. The zero-order chi connectivity index (χ0) is 42.6. The lowest BCUT2D eigenvalue weighted by Crippen LogP contribution is -2.55. The van der Waals surface area contributed by atoms with Crippen molar-refractivity contribution in [2.75, 3.05) is 0 Å². The van der Waals surface area contributed by atoms with Crippen molar-refractivity contribution < 1.29 is 48.5 Å². The lowest BCUT2D eigenvalue weighted by Gasteiger charge is -2.42. The van der Waals surface area contributed by atoms with E-state index >= 15 is 0 Å². The second-order valence-corrected chi connectivity index (χ2v) is 22.4. The first-order valence-corrected chi connectivity index (χ1v) is 20.5. The van der Waals surface area contributed by atoms with E-state index in [1.807, 2.05) is 55.4 Å². The van der Waals surface area contributed by atoms with Crippen LogP contribution in [0.3, 0.4) is 0 Å². The Hall–Kier alpha value is -2.36. The van der Waals surface area contributed by atoms with Crippen molar-refractivity contribution in [3.63, 3.8) is 0 Å². The molecule has 4 aliphatic heterocycles. The smallest absolute Gasteiger partial charge is 0.311 e. The molecule has 2 radical (unpaired) electrons. The number of rotatable bonds is 8. The topological polar surface area (TPSA) is 176 Å². The maximum Gasteiger partial charge on any atom is 0.311 e. The Kier molecular flexibility index (Phi) is 11.3. The molecule has 5 rings (SSSR count). The van der Waals surface area contributed by atoms with Gasteiger partial charge in [0, 0.05) is 46.1 Å². The molecular weight excluding hydrogens is 720 g/mol. The van der Waals surface area contributed by atoms with E-state index in [-0.39, 0.29) is 36.8 Å². The number of carbonyl (C=O) groups is 4. The summed E-state index contributed by atoms with van der Waals surface area (Å²) in [4.78, 5) is 56.6. The molecule has 1 saturated carbocycles. The molecule has 14 nitrogen and oxygen atoms in total. The Labute approximate surface area is 334 Å². The Balaban J connectivity index is 1.50. The summed E-state index contributed by atoms with van der Waals surface area (Å²) in [6.45, 7) is 29.8. The molecule has 1 aliphatic carbocycles. The van der Waals surface area contributed by atoms with Crippen molar-refractivity contribution in [1.82, 2.24) is 20.8 Å². The summed E-state index contributed by atoms with van der Waals surface area (Å²) in [5.74, 6) is -4.90. The van der Waals surface area contributed by atoms with Gasteiger partial charge in [-0.3, -0.25) is 19.2 Å². The molecule has 0 aromatic heterocycles. The van der Waals surface area contributed by atoms with Crippen LogP contribution in [-0.4, -0.2) is 103 Å². The van der Waals surface area contributed by atoms with Gasteiger partial charge in [-0.2, -0.15) is 0 Å². The van der Waals surface area contributed by atoms with Gasteiger partial charge in [0.1, 0.15) is 24.4 Å². The van der Waals surface area contributed by atoms with Crippen molar-refractivity contribution in [3.8, 4) is 0 Å². The minimum absolute atomic E-state index is 0.125. The average molecular weight is 791 g/mol. The van der Waals surface area contributed by atoms with Gasteiger partial charge < -0.3 is 29.6 Å². The van der Waals surface area contributed by atoms with Gasteiger partial charge in [-0.05, 0) is 136 Å². The predicted octanol–water partition coefficient (Wildman–Crippen LogP) is 5.21. The third-order valence-electron chi connectivity index (χ3n) is 13.7. The zero-order valence-corrected chi connectivity index (χ0v) is 36.8. The van der Waals surface area contributed by atoms with Crippen LogP contribution >= 0.6 is 0 Å². The molecule has 5 fully saturated rings. The Morgan fingerprint density at radius 1 is 0.429 bits per heavy atom. The lowest BCUT2D eigenvalue weighted by atomic mass is 9.84. The fraction of sp³-hybridized carbons (Fsp3) is 0.905. The number of hydrogen-bond donors (Lipinski definition) is 2. The normalized spacial score (nSPS) is 37.5. The quantitative estimate of drug-likeness (QED) is 0.243. The third-order valence-corrected chi connectivity index (χ3v) is 13.7. The van der Waals surface area contributed by atoms with Crippen molar-refractivity contribution >= 4 is 23.9 Å². The third kappa shape index (κ3) is 8.39. The Morgan fingerprint density at radius 3 is 0.875 bits per heavy atom. The molecule has 14 heteroatoms. The van der Waals surface area contributed by atoms with Gasteiger partial charge in [-0.25, -0.2) is 0 Å². The highest BCUT2D eigenvalue weighted by Gasteiger charge is 2.60. The van der Waals surface area contributed by atoms with Crippen molar-refractivity contribution in [3.05, 3.63) is 0 Å². The van der Waals surface area contributed by atoms with E-state index in [1.54, 1.807) is 55.4 Å². The van der Waals surface area contributed by atoms with Crippen LogP contribution in [-0.2, 0) is 48.5 Å². The molecule has 8 atom stereocenters. The highest BCUT2D eigenvalue weighted by molar-refractivity contribution is 5.78. The summed E-state index contributed by atoms with van der Waals surface area (Å²) in [6.07, 6.45) is -3.08. The van der Waals surface area contributed by atoms with E-state index in [1.165, 1.54) is 0 Å². The molecular formula is C42H70N4O10. The first-order chi connectivity index (χ1) is 25.1. The first-order valence-electron chi connectivity index (χ1n) is 20.5. The van der Waals surface area contributed by atoms with E-state index in [0.29, 0.717) is 12.8 Å². The van der Waals surface area contributed by atoms with Gasteiger partial charge in [0.05, 0.1) is 34.7 Å². The van der Waals surface area contributed by atoms with E-state index in [0.717, 1.165) is 10.1 Å². The van der Waals surface area contributed by atoms with Gasteiger partial charge in [0.15, 0.2) is 0 Å². The maximum absolute atomic E-state index is 14.2. The molecule has 2 N–H and O–H groups in total. The molecule has 0 spiro atoms. The van der Waals surface area contributed by atoms with Crippen LogP contribution < -0.4 is 10.6 Å². The molecule has 4 saturated heterocycles. The molecule has 0 amide bonds. The maximum atomic E-state index is 14.2. The fourth-order valence-corrected chi connectivity index (χ4v) is 11.0. The van der Waals surface area contributed by atoms with Crippen LogP contribution in [0.4, 0.5) is 0 Å². The summed E-state index contributed by atoms with van der Waals surface area (Å²) < 4.78 is 25.2. The van der Waals surface area contributed by atoms with Gasteiger partial charge in [0.2, 0.25) is 0 Å². The van der Waals surface area contributed by atoms with Crippen LogP contribution in [0.5, 0.6) is 0 Å². The second-order valence-electron chi connectivity index (χ2n) is 22.4. The summed E-state index contributed by atoms with van der Waals surface area (Å²) >= 11 is 0. The number of carbonyl (C=O) groups excluding carboxylic acids is 4. The van der Waals surface area contributed by atoms with Gasteiger partial charge in [0.25, 0.3) is 0 Å². The minimum Gasteiger partial charge on any atom is -0.458 e. The minimum atomic E-state index is -1.09. The number of hydrogen-bond acceptors (Lipinski definition) is 12. The van der Waals surface area contributed by atoms with Crippen LogP contribution in [0.2, 0.25) is 0 Å². The second kappa shape index (κ2) is 14.1. The molecule has 0 bridgehead atoms. The highest BCUT2D eigenvalue weighted by Crippen LogP contribution is 2.47. The van der Waals surface area contributed by atoms with E-state index in [9.17, 15) is 29.6 Å². The Morgan fingerprint density at radius 2 is 0.679 bits per heavy atom. The van der Waals surface area contributed by atoms with E-state index in [2.05, 4.69) is 10.6 Å². The molecule has 4 heterocycles. The number of nitrogens with one attached hydrogen (secondary N) is 2. The monoisotopic (exact) mass is 791 g/mol. The number of esters is 4. The number of hydroxylamine groups is 4. The van der Waals surface area contributed by atoms with Crippen molar-refractivity contribution in [2.45, 2.75) is 218 Å². The average Bonchev–Trinajstić information content (AvgIpc) is 3.54. The SMILES string of the molecule is CC1(C)CC(C(=O)OC2CC(OC(=O)C3CC(C)(C)N([O])C3(C)C)C(OC(=O)C3CC(C)(C)NC3(C)C)CC2OC(=O)C2CC(C)(C)N([O])C2(C)C)C(C)(C)N1. The van der Waals surface area contributed by atoms with Crippen molar-refractivity contribution in [1.29, 1.82) is 0 Å². The highest BCUT2D eigenvalue weighted by atomic mass is 16.6. The van der Waals surface area contributed by atoms with Crippen LogP contribution in [0.25, 0.3) is 0 Å². The zero-order valence-electron chi connectivity index (χ0n) is 36.8. The molecule has 0 aromatic rings. The fourth-order valence-electron chi connectivity index (χ4n) is 11.0. The van der Waals surface area contributed by atoms with Crippen LogP contribution in [0.1, 0.15) is 149 Å². The molecule has 0 aromatic carbocycles. The van der Waals surface area contributed by atoms with Gasteiger partial charge in [-0.1, -0.05) is 0 Å². The van der Waals surface area contributed by atoms with Gasteiger partial charge >= 0.3 is 23.9 Å². The van der Waals surface area contributed by atoms with E-state index < -0.39 is 105 Å². The molecule has 8 unspecified atom stereocenters. The van der Waals surface area contributed by atoms with Crippen LogP contribution in [0, 0.1) is 23.7 Å². The molecule has 5 aliphatic rings.